The van der Waals surface area contributed by atoms with Crippen molar-refractivity contribution in [3.8, 4) is 0 Å². The van der Waals surface area contributed by atoms with Gasteiger partial charge in [-0.2, -0.15) is 5.10 Å². The van der Waals surface area contributed by atoms with Crippen molar-refractivity contribution in [2.75, 3.05) is 52.7 Å². The maximum Gasteiger partial charge on any atom is 0.128 e. The molecule has 0 radical (unpaired) electrons. The summed E-state index contributed by atoms with van der Waals surface area (Å²) in [6.45, 7) is 4.79. The van der Waals surface area contributed by atoms with Crippen LogP contribution in [-0.2, 0) is 4.74 Å². The van der Waals surface area contributed by atoms with E-state index in [1.54, 1.807) is 11.8 Å². The molecule has 5 nitrogen and oxygen atoms in total. The van der Waals surface area contributed by atoms with E-state index in [1.165, 1.54) is 18.6 Å². The molecular weight excluding hydrogens is 272 g/mol. The van der Waals surface area contributed by atoms with Crippen LogP contribution in [0.15, 0.2) is 10.2 Å². The van der Waals surface area contributed by atoms with Gasteiger partial charge >= 0.3 is 0 Å². The summed E-state index contributed by atoms with van der Waals surface area (Å²) in [5.41, 5.74) is 1.89. The fraction of sp³-hybridized carbons (Fsp3) is 0.857. The Morgan fingerprint density at radius 2 is 2.10 bits per heavy atom. The Morgan fingerprint density at radius 1 is 1.35 bits per heavy atom. The van der Waals surface area contributed by atoms with E-state index in [-0.39, 0.29) is 0 Å². The standard InChI is InChI=1S/C14H26N4OS/c1-17(2)14(5-6-18-7-9-19-10-8-18)16-15-12-20-11-13-3-4-13/h12-13H,3-11H2,1-2H3/b15-12+,16-14-. The fourth-order valence-corrected chi connectivity index (χ4v) is 2.84. The van der Waals surface area contributed by atoms with Crippen molar-refractivity contribution in [1.29, 1.82) is 0 Å². The van der Waals surface area contributed by atoms with E-state index in [4.69, 9.17) is 4.74 Å². The first-order valence-corrected chi connectivity index (χ1v) is 8.48. The van der Waals surface area contributed by atoms with Crippen LogP contribution in [0, 0.1) is 5.92 Å². The molecule has 0 aromatic heterocycles. The van der Waals surface area contributed by atoms with Crippen LogP contribution in [0.1, 0.15) is 19.3 Å². The van der Waals surface area contributed by atoms with Crippen molar-refractivity contribution < 1.29 is 4.74 Å². The number of amidine groups is 1. The Hall–Kier alpha value is -0.590. The summed E-state index contributed by atoms with van der Waals surface area (Å²) in [4.78, 5) is 4.48. The highest BCUT2D eigenvalue weighted by molar-refractivity contribution is 8.12. The topological polar surface area (TPSA) is 40.4 Å². The van der Waals surface area contributed by atoms with Crippen molar-refractivity contribution in [2.24, 2.45) is 16.1 Å². The van der Waals surface area contributed by atoms with Crippen LogP contribution in [0.4, 0.5) is 0 Å². The first kappa shape index (κ1) is 15.8. The molecule has 0 spiro atoms. The molecule has 0 atom stereocenters. The summed E-state index contributed by atoms with van der Waals surface area (Å²) < 4.78 is 5.36. The van der Waals surface area contributed by atoms with Gasteiger partial charge in [-0.3, -0.25) is 4.90 Å². The van der Waals surface area contributed by atoms with Crippen LogP contribution >= 0.6 is 11.8 Å². The van der Waals surface area contributed by atoms with E-state index < -0.39 is 0 Å². The van der Waals surface area contributed by atoms with Gasteiger partial charge in [0.2, 0.25) is 0 Å². The third-order valence-electron chi connectivity index (χ3n) is 3.60. The van der Waals surface area contributed by atoms with Gasteiger partial charge in [-0.1, -0.05) is 0 Å². The molecule has 0 amide bonds. The maximum absolute atomic E-state index is 5.36. The lowest BCUT2D eigenvalue weighted by Crippen LogP contribution is -2.38. The van der Waals surface area contributed by atoms with Gasteiger partial charge in [-0.15, -0.1) is 16.9 Å². The van der Waals surface area contributed by atoms with Crippen LogP contribution in [-0.4, -0.2) is 73.9 Å². The summed E-state index contributed by atoms with van der Waals surface area (Å²) in [6.07, 6.45) is 3.73. The van der Waals surface area contributed by atoms with E-state index >= 15 is 0 Å². The van der Waals surface area contributed by atoms with Crippen molar-refractivity contribution in [2.45, 2.75) is 19.3 Å². The zero-order valence-electron chi connectivity index (χ0n) is 12.6. The van der Waals surface area contributed by atoms with E-state index in [2.05, 4.69) is 20.0 Å². The average Bonchev–Trinajstić information content (AvgIpc) is 3.26. The number of rotatable bonds is 7. The molecule has 2 fully saturated rings. The molecule has 6 heteroatoms. The van der Waals surface area contributed by atoms with Crippen LogP contribution in [0.5, 0.6) is 0 Å². The smallest absolute Gasteiger partial charge is 0.128 e. The Bertz CT molecular complexity index is 336. The summed E-state index contributed by atoms with van der Waals surface area (Å²) in [6, 6.07) is 0. The second kappa shape index (κ2) is 8.64. The predicted octanol–water partition coefficient (Wildman–Crippen LogP) is 1.76. The Kier molecular flexibility index (Phi) is 6.82. The molecule has 0 bridgehead atoms. The molecule has 1 aliphatic carbocycles. The SMILES string of the molecule is CN(C)/C(CCN1CCOCC1)=N\N=C\SCC1CC1. The molecule has 2 aliphatic rings. The van der Waals surface area contributed by atoms with E-state index in [0.717, 1.165) is 51.0 Å². The van der Waals surface area contributed by atoms with Crippen LogP contribution in [0.2, 0.25) is 0 Å². The Balaban J connectivity index is 1.69. The summed E-state index contributed by atoms with van der Waals surface area (Å²) in [7, 11) is 4.07. The number of thioether (sulfide) groups is 1. The predicted molar refractivity (Wildman–Crippen MR) is 86.7 cm³/mol. The lowest BCUT2D eigenvalue weighted by molar-refractivity contribution is 0.0390. The molecule has 1 heterocycles. The number of hydrogen-bond acceptors (Lipinski definition) is 5. The normalized spacial score (nSPS) is 21.6. The molecule has 2 rings (SSSR count). The highest BCUT2D eigenvalue weighted by Crippen LogP contribution is 2.31. The van der Waals surface area contributed by atoms with Gasteiger partial charge in [0.25, 0.3) is 0 Å². The molecule has 1 saturated heterocycles. The van der Waals surface area contributed by atoms with Gasteiger partial charge in [0.05, 0.1) is 18.8 Å². The van der Waals surface area contributed by atoms with Crippen molar-refractivity contribution in [3.63, 3.8) is 0 Å². The van der Waals surface area contributed by atoms with Crippen LogP contribution < -0.4 is 0 Å². The second-order valence-electron chi connectivity index (χ2n) is 5.61. The lowest BCUT2D eigenvalue weighted by Gasteiger charge is -2.27. The minimum atomic E-state index is 0.852. The first-order chi connectivity index (χ1) is 9.75. The van der Waals surface area contributed by atoms with E-state index in [9.17, 15) is 0 Å². The maximum atomic E-state index is 5.36. The molecule has 0 aromatic rings. The number of morpholine rings is 1. The molecule has 20 heavy (non-hydrogen) atoms. The Labute approximate surface area is 126 Å². The lowest BCUT2D eigenvalue weighted by atomic mass is 10.3. The molecule has 1 saturated carbocycles. The van der Waals surface area contributed by atoms with Gasteiger partial charge in [-0.05, 0) is 18.8 Å². The third-order valence-corrected chi connectivity index (χ3v) is 4.50. The van der Waals surface area contributed by atoms with Crippen LogP contribution in [0.3, 0.4) is 0 Å². The highest BCUT2D eigenvalue weighted by Gasteiger charge is 2.20. The number of hydrogen-bond donors (Lipinski definition) is 0. The highest BCUT2D eigenvalue weighted by atomic mass is 32.2. The van der Waals surface area contributed by atoms with Gasteiger partial charge < -0.3 is 9.64 Å². The van der Waals surface area contributed by atoms with Gasteiger partial charge in [-0.25, -0.2) is 0 Å². The van der Waals surface area contributed by atoms with Gasteiger partial charge in [0.1, 0.15) is 5.84 Å². The van der Waals surface area contributed by atoms with Crippen LogP contribution in [0.25, 0.3) is 0 Å². The minimum Gasteiger partial charge on any atom is -0.379 e. The van der Waals surface area contributed by atoms with Crippen molar-refractivity contribution in [3.05, 3.63) is 0 Å². The monoisotopic (exact) mass is 298 g/mol. The van der Waals surface area contributed by atoms with Crippen molar-refractivity contribution in [1.82, 2.24) is 9.80 Å². The second-order valence-corrected chi connectivity index (χ2v) is 6.49. The summed E-state index contributed by atoms with van der Waals surface area (Å²) in [5, 5.41) is 8.56. The van der Waals surface area contributed by atoms with E-state index in [1.807, 2.05) is 19.6 Å². The zero-order chi connectivity index (χ0) is 14.2. The fourth-order valence-electron chi connectivity index (χ4n) is 2.03. The number of nitrogens with zero attached hydrogens (tertiary/aromatic N) is 4. The number of ether oxygens (including phenoxy) is 1. The largest absolute Gasteiger partial charge is 0.379 e. The molecule has 1 aliphatic heterocycles. The van der Waals surface area contributed by atoms with Gasteiger partial charge in [0.15, 0.2) is 0 Å². The Morgan fingerprint density at radius 3 is 2.75 bits per heavy atom. The summed E-state index contributed by atoms with van der Waals surface area (Å²) >= 11 is 1.78. The quantitative estimate of drug-likeness (QED) is 0.408. The molecule has 0 N–H and O–H groups in total. The zero-order valence-corrected chi connectivity index (χ0v) is 13.4. The first-order valence-electron chi connectivity index (χ1n) is 7.43. The molecule has 0 aromatic carbocycles. The van der Waals surface area contributed by atoms with E-state index in [0.29, 0.717) is 0 Å². The third kappa shape index (κ3) is 6.24. The van der Waals surface area contributed by atoms with Crippen molar-refractivity contribution >= 4 is 23.1 Å². The van der Waals surface area contributed by atoms with Gasteiger partial charge in [0, 0.05) is 45.9 Å². The molecule has 0 unspecified atom stereocenters. The average molecular weight is 298 g/mol. The molecule has 114 valence electrons. The minimum absolute atomic E-state index is 0.852. The summed E-state index contributed by atoms with van der Waals surface area (Å²) in [5.74, 6) is 3.18. The molecular formula is C14H26N4OS.